The van der Waals surface area contributed by atoms with Crippen molar-refractivity contribution in [2.24, 2.45) is 4.99 Å². The fourth-order valence-corrected chi connectivity index (χ4v) is 5.36. The number of benzene rings is 1. The number of likely N-dealkylation sites (tertiary alicyclic amines) is 1. The van der Waals surface area contributed by atoms with E-state index in [0.29, 0.717) is 37.0 Å². The molecule has 1 unspecified atom stereocenters. The molecule has 2 aromatic rings. The Hall–Kier alpha value is -3.19. The SMILES string of the molecule is C=C(/C(Br)=C\NC(C)=NCC1CCN1C(=O)OC(C)(C)C)c1cc(Br)cc2cnc(NCC3(NC(=O)OC(C)(C)C)CC3)nc12. The van der Waals surface area contributed by atoms with Crippen molar-refractivity contribution >= 4 is 72.3 Å². The third-order valence-electron chi connectivity index (χ3n) is 7.18. The van der Waals surface area contributed by atoms with Crippen LogP contribution in [0.1, 0.15) is 73.3 Å². The highest BCUT2D eigenvalue weighted by Crippen LogP contribution is 2.36. The summed E-state index contributed by atoms with van der Waals surface area (Å²) in [7, 11) is 0. The van der Waals surface area contributed by atoms with Crippen molar-refractivity contribution < 1.29 is 19.1 Å². The molecule has 0 spiro atoms. The van der Waals surface area contributed by atoms with Crippen LogP contribution in [0.4, 0.5) is 15.5 Å². The molecule has 2 fully saturated rings. The van der Waals surface area contributed by atoms with E-state index >= 15 is 0 Å². The number of aliphatic imine (C=N–C) groups is 1. The van der Waals surface area contributed by atoms with Gasteiger partial charge in [0.05, 0.1) is 29.5 Å². The molecule has 1 aromatic carbocycles. The second-order valence-electron chi connectivity index (χ2n) is 13.5. The van der Waals surface area contributed by atoms with Crippen molar-refractivity contribution in [1.82, 2.24) is 25.5 Å². The van der Waals surface area contributed by atoms with E-state index in [2.05, 4.69) is 64.4 Å². The van der Waals surface area contributed by atoms with Crippen molar-refractivity contribution in [3.63, 3.8) is 0 Å². The Bertz CT molecular complexity index is 1520. The number of alkyl carbamates (subject to hydrolysis) is 1. The van der Waals surface area contributed by atoms with Gasteiger partial charge in [0.1, 0.15) is 11.2 Å². The molecule has 2 aliphatic rings. The molecule has 1 saturated heterocycles. The van der Waals surface area contributed by atoms with Crippen molar-refractivity contribution in [1.29, 1.82) is 0 Å². The van der Waals surface area contributed by atoms with Crippen molar-refractivity contribution in [3.05, 3.63) is 45.6 Å². The molecule has 244 valence electrons. The molecule has 1 aliphatic heterocycles. The van der Waals surface area contributed by atoms with Crippen LogP contribution in [0.3, 0.4) is 0 Å². The highest BCUT2D eigenvalue weighted by molar-refractivity contribution is 9.12. The van der Waals surface area contributed by atoms with Crippen LogP contribution in [0, 0.1) is 0 Å². The van der Waals surface area contributed by atoms with E-state index in [-0.39, 0.29) is 17.7 Å². The van der Waals surface area contributed by atoms with Crippen LogP contribution in [0.2, 0.25) is 0 Å². The molecule has 4 rings (SSSR count). The Kier molecular flexibility index (Phi) is 10.5. The minimum Gasteiger partial charge on any atom is -0.444 e. The van der Waals surface area contributed by atoms with Gasteiger partial charge in [-0.3, -0.25) is 4.99 Å². The molecule has 1 atom stereocenters. The van der Waals surface area contributed by atoms with E-state index in [1.807, 2.05) is 60.6 Å². The van der Waals surface area contributed by atoms with E-state index in [9.17, 15) is 9.59 Å². The van der Waals surface area contributed by atoms with Gasteiger partial charge in [0, 0.05) is 45.4 Å². The summed E-state index contributed by atoms with van der Waals surface area (Å²) in [5, 5.41) is 10.3. The van der Waals surface area contributed by atoms with Gasteiger partial charge < -0.3 is 30.3 Å². The fraction of sp³-hybridized carbons (Fsp3) is 0.531. The fourth-order valence-electron chi connectivity index (χ4n) is 4.55. The summed E-state index contributed by atoms with van der Waals surface area (Å²) >= 11 is 7.25. The van der Waals surface area contributed by atoms with E-state index < -0.39 is 17.3 Å². The molecule has 1 aromatic heterocycles. The van der Waals surface area contributed by atoms with Crippen LogP contribution in [0.5, 0.6) is 0 Å². The van der Waals surface area contributed by atoms with Gasteiger partial charge in [-0.25, -0.2) is 19.6 Å². The number of hydrogen-bond donors (Lipinski definition) is 3. The molecule has 11 nitrogen and oxygen atoms in total. The first-order valence-electron chi connectivity index (χ1n) is 15.0. The molecular formula is C32H43Br2N7O4. The second-order valence-corrected chi connectivity index (χ2v) is 15.3. The Morgan fingerprint density at radius 1 is 1.18 bits per heavy atom. The van der Waals surface area contributed by atoms with Crippen molar-refractivity contribution in [3.8, 4) is 0 Å². The summed E-state index contributed by atoms with van der Waals surface area (Å²) < 4.78 is 12.5. The summed E-state index contributed by atoms with van der Waals surface area (Å²) in [5.74, 6) is 1.16. The maximum Gasteiger partial charge on any atom is 0.410 e. The number of amidine groups is 1. The van der Waals surface area contributed by atoms with E-state index in [1.54, 1.807) is 17.3 Å². The Labute approximate surface area is 282 Å². The van der Waals surface area contributed by atoms with Gasteiger partial charge in [0.2, 0.25) is 5.95 Å². The number of aromatic nitrogens is 2. The summed E-state index contributed by atoms with van der Waals surface area (Å²) in [6, 6.07) is 3.94. The third-order valence-corrected chi connectivity index (χ3v) is 8.35. The molecule has 2 amide bonds. The lowest BCUT2D eigenvalue weighted by atomic mass is 10.0. The smallest absolute Gasteiger partial charge is 0.410 e. The number of carbonyl (C=O) groups excluding carboxylic acids is 2. The van der Waals surface area contributed by atoms with Crippen LogP contribution in [0.25, 0.3) is 16.5 Å². The highest BCUT2D eigenvalue weighted by Gasteiger charge is 2.45. The predicted octanol–water partition coefficient (Wildman–Crippen LogP) is 7.13. The number of ether oxygens (including phenoxy) is 2. The summed E-state index contributed by atoms with van der Waals surface area (Å²) in [6.07, 6.45) is 5.41. The first-order chi connectivity index (χ1) is 20.9. The van der Waals surface area contributed by atoms with Gasteiger partial charge in [0.15, 0.2) is 0 Å². The molecule has 0 radical (unpaired) electrons. The first kappa shape index (κ1) is 34.7. The quantitative estimate of drug-likeness (QED) is 0.140. The van der Waals surface area contributed by atoms with Crippen molar-refractivity contribution in [2.75, 3.05) is 25.0 Å². The molecule has 0 bridgehead atoms. The molecular weight excluding hydrogens is 706 g/mol. The standard InChI is InChI=1S/C32H43Br2N7O4/c1-19(25(34)17-36-20(2)35-16-23-9-12-41(23)29(43)45-31(6,7)8)24-14-22(33)13-21-15-37-27(39-26(21)24)38-18-32(10-11-32)40-28(42)44-30(3,4)5/h13-15,17,23H,1,9-12,16,18H2,2-8H3,(H,35,36)(H,40,42)(H,37,38,39)/b25-17+. The number of nitrogens with one attached hydrogen (secondary N) is 3. The maximum absolute atomic E-state index is 12.4. The van der Waals surface area contributed by atoms with Crippen molar-refractivity contribution in [2.45, 2.75) is 90.5 Å². The third kappa shape index (κ3) is 9.90. The highest BCUT2D eigenvalue weighted by atomic mass is 79.9. The molecule has 13 heteroatoms. The normalized spacial score (nSPS) is 18.2. The number of carbonyl (C=O) groups is 2. The number of hydrogen-bond acceptors (Lipinski definition) is 8. The van der Waals surface area contributed by atoms with Gasteiger partial charge >= 0.3 is 12.2 Å². The van der Waals surface area contributed by atoms with Crippen LogP contribution in [0.15, 0.2) is 45.1 Å². The molecule has 1 saturated carbocycles. The molecule has 1 aliphatic carbocycles. The number of halogens is 2. The van der Waals surface area contributed by atoms with Crippen LogP contribution >= 0.6 is 31.9 Å². The zero-order chi connectivity index (χ0) is 33.2. The maximum atomic E-state index is 12.4. The number of amides is 2. The second kappa shape index (κ2) is 13.7. The average Bonchev–Trinajstić information content (AvgIpc) is 3.66. The van der Waals surface area contributed by atoms with Crippen LogP contribution in [-0.2, 0) is 9.47 Å². The lowest BCUT2D eigenvalue weighted by Crippen LogP contribution is -2.54. The average molecular weight is 750 g/mol. The van der Waals surface area contributed by atoms with E-state index in [1.165, 1.54) is 0 Å². The van der Waals surface area contributed by atoms with E-state index in [4.69, 9.17) is 14.5 Å². The molecule has 3 N–H and O–H groups in total. The van der Waals surface area contributed by atoms with Crippen LogP contribution < -0.4 is 16.0 Å². The Morgan fingerprint density at radius 2 is 1.87 bits per heavy atom. The van der Waals surface area contributed by atoms with Gasteiger partial charge in [-0.2, -0.15) is 0 Å². The summed E-state index contributed by atoms with van der Waals surface area (Å²) in [6.45, 7) is 19.0. The lowest BCUT2D eigenvalue weighted by molar-refractivity contribution is -0.00340. The van der Waals surface area contributed by atoms with Gasteiger partial charge in [0.25, 0.3) is 0 Å². The summed E-state index contributed by atoms with van der Waals surface area (Å²) in [5.41, 5.74) is 0.796. The van der Waals surface area contributed by atoms with Crippen LogP contribution in [-0.4, -0.2) is 75.3 Å². The van der Waals surface area contributed by atoms with Gasteiger partial charge in [-0.1, -0.05) is 22.5 Å². The Balaban J connectivity index is 1.40. The van der Waals surface area contributed by atoms with Gasteiger partial charge in [-0.15, -0.1) is 0 Å². The zero-order valence-electron chi connectivity index (χ0n) is 27.0. The molecule has 45 heavy (non-hydrogen) atoms. The van der Waals surface area contributed by atoms with E-state index in [0.717, 1.165) is 44.7 Å². The minimum atomic E-state index is -0.562. The Morgan fingerprint density at radius 3 is 2.47 bits per heavy atom. The molecule has 2 heterocycles. The number of rotatable bonds is 9. The topological polar surface area (TPSA) is 130 Å². The number of allylic oxidation sites excluding steroid dienone is 2. The first-order valence-corrected chi connectivity index (χ1v) is 16.6. The summed E-state index contributed by atoms with van der Waals surface area (Å²) in [4.78, 5) is 40.4. The van der Waals surface area contributed by atoms with Gasteiger partial charge in [-0.05, 0) is 101 Å². The number of anilines is 1. The number of nitrogens with zero attached hydrogens (tertiary/aromatic N) is 4. The lowest BCUT2D eigenvalue weighted by Gasteiger charge is -2.40. The zero-order valence-corrected chi connectivity index (χ0v) is 30.2. The number of fused-ring (bicyclic) bond motifs is 1. The predicted molar refractivity (Wildman–Crippen MR) is 186 cm³/mol. The largest absolute Gasteiger partial charge is 0.444 e. The monoisotopic (exact) mass is 747 g/mol. The minimum absolute atomic E-state index is 0.0254.